The molecule has 0 aliphatic carbocycles. The van der Waals surface area contributed by atoms with Gasteiger partial charge in [-0.1, -0.05) is 49.7 Å². The lowest BCUT2D eigenvalue weighted by Gasteiger charge is -2.12. The summed E-state index contributed by atoms with van der Waals surface area (Å²) in [5, 5.41) is 0.583. The van der Waals surface area contributed by atoms with Crippen LogP contribution in [0.3, 0.4) is 0 Å². The lowest BCUT2D eigenvalue weighted by atomic mass is 10.0. The van der Waals surface area contributed by atoms with Gasteiger partial charge < -0.3 is 0 Å². The highest BCUT2D eigenvalue weighted by atomic mass is 35.5. The van der Waals surface area contributed by atoms with Crippen molar-refractivity contribution < 1.29 is 0 Å². The molecular weight excluding hydrogens is 256 g/mol. The van der Waals surface area contributed by atoms with Gasteiger partial charge in [-0.3, -0.25) is 0 Å². The lowest BCUT2D eigenvalue weighted by Crippen LogP contribution is -2.05. The fourth-order valence-electron chi connectivity index (χ4n) is 2.04. The SMILES string of the molecule is Cc1ccccc1Cc1c(C)nc(C(C)C)nc1Cl. The Labute approximate surface area is 119 Å². The third kappa shape index (κ3) is 3.13. The van der Waals surface area contributed by atoms with Crippen LogP contribution in [0, 0.1) is 13.8 Å². The molecule has 0 saturated heterocycles. The molecule has 1 heterocycles. The van der Waals surface area contributed by atoms with E-state index in [4.69, 9.17) is 11.6 Å². The molecule has 0 bridgehead atoms. The number of hydrogen-bond acceptors (Lipinski definition) is 2. The van der Waals surface area contributed by atoms with Gasteiger partial charge in [-0.05, 0) is 25.0 Å². The van der Waals surface area contributed by atoms with Crippen LogP contribution < -0.4 is 0 Å². The highest BCUT2D eigenvalue weighted by Crippen LogP contribution is 2.23. The average Bonchev–Trinajstić information content (AvgIpc) is 2.35. The minimum atomic E-state index is 0.295. The van der Waals surface area contributed by atoms with Gasteiger partial charge in [-0.25, -0.2) is 9.97 Å². The van der Waals surface area contributed by atoms with Gasteiger partial charge in [-0.15, -0.1) is 0 Å². The molecule has 1 aromatic carbocycles. The van der Waals surface area contributed by atoms with Crippen molar-refractivity contribution in [1.29, 1.82) is 0 Å². The Bertz CT molecular complexity index is 568. The van der Waals surface area contributed by atoms with Gasteiger partial charge in [0.05, 0.1) is 0 Å². The number of hydrogen-bond donors (Lipinski definition) is 0. The van der Waals surface area contributed by atoms with Crippen molar-refractivity contribution >= 4 is 11.6 Å². The number of benzene rings is 1. The maximum Gasteiger partial charge on any atom is 0.136 e. The molecule has 0 spiro atoms. The van der Waals surface area contributed by atoms with Gasteiger partial charge in [0.2, 0.25) is 0 Å². The molecule has 0 atom stereocenters. The van der Waals surface area contributed by atoms with E-state index in [9.17, 15) is 0 Å². The summed E-state index contributed by atoms with van der Waals surface area (Å²) in [6, 6.07) is 8.34. The van der Waals surface area contributed by atoms with Crippen LogP contribution >= 0.6 is 11.6 Å². The molecule has 0 fully saturated rings. The summed E-state index contributed by atoms with van der Waals surface area (Å²) in [6.45, 7) is 8.27. The predicted octanol–water partition coefficient (Wildman–Crippen LogP) is 4.46. The topological polar surface area (TPSA) is 25.8 Å². The predicted molar refractivity (Wildman–Crippen MR) is 79.9 cm³/mol. The molecule has 0 radical (unpaired) electrons. The molecule has 0 N–H and O–H groups in total. The standard InChI is InChI=1S/C16H19ClN2/c1-10(2)16-18-12(4)14(15(17)19-16)9-13-8-6-5-7-11(13)3/h5-8,10H,9H2,1-4H3. The Balaban J connectivity index is 2.39. The Kier molecular flexibility index (Phi) is 4.20. The van der Waals surface area contributed by atoms with Gasteiger partial charge in [0.25, 0.3) is 0 Å². The first-order valence-electron chi connectivity index (χ1n) is 6.56. The molecule has 3 heteroatoms. The summed E-state index contributed by atoms with van der Waals surface area (Å²) in [4.78, 5) is 8.98. The molecule has 2 nitrogen and oxygen atoms in total. The Morgan fingerprint density at radius 2 is 1.79 bits per heavy atom. The van der Waals surface area contributed by atoms with E-state index in [2.05, 4.69) is 48.9 Å². The van der Waals surface area contributed by atoms with Crippen LogP contribution in [-0.2, 0) is 6.42 Å². The number of rotatable bonds is 3. The fourth-order valence-corrected chi connectivity index (χ4v) is 2.33. The quantitative estimate of drug-likeness (QED) is 0.772. The molecule has 0 amide bonds. The highest BCUT2D eigenvalue weighted by molar-refractivity contribution is 6.30. The van der Waals surface area contributed by atoms with Crippen molar-refractivity contribution in [3.8, 4) is 0 Å². The Hall–Kier alpha value is -1.41. The first-order chi connectivity index (χ1) is 8.99. The molecule has 1 aromatic heterocycles. The van der Waals surface area contributed by atoms with E-state index in [1.165, 1.54) is 11.1 Å². The van der Waals surface area contributed by atoms with E-state index in [1.54, 1.807) is 0 Å². The molecule has 0 saturated carbocycles. The Morgan fingerprint density at radius 3 is 2.37 bits per heavy atom. The smallest absolute Gasteiger partial charge is 0.136 e. The van der Waals surface area contributed by atoms with Crippen molar-refractivity contribution in [2.75, 3.05) is 0 Å². The molecule has 100 valence electrons. The van der Waals surface area contributed by atoms with Crippen LogP contribution in [0.25, 0.3) is 0 Å². The summed E-state index contributed by atoms with van der Waals surface area (Å²) >= 11 is 6.33. The molecule has 0 aliphatic heterocycles. The summed E-state index contributed by atoms with van der Waals surface area (Å²) in [6.07, 6.45) is 0.787. The number of aromatic nitrogens is 2. The zero-order valence-corrected chi connectivity index (χ0v) is 12.6. The summed E-state index contributed by atoms with van der Waals surface area (Å²) in [7, 11) is 0. The second kappa shape index (κ2) is 5.70. The van der Waals surface area contributed by atoms with Gasteiger partial charge in [0.1, 0.15) is 11.0 Å². The fraction of sp³-hybridized carbons (Fsp3) is 0.375. The maximum atomic E-state index is 6.33. The van der Waals surface area contributed by atoms with E-state index < -0.39 is 0 Å². The van der Waals surface area contributed by atoms with E-state index in [-0.39, 0.29) is 0 Å². The van der Waals surface area contributed by atoms with Crippen molar-refractivity contribution in [2.45, 2.75) is 40.0 Å². The largest absolute Gasteiger partial charge is 0.238 e. The van der Waals surface area contributed by atoms with Gasteiger partial charge in [-0.2, -0.15) is 0 Å². The van der Waals surface area contributed by atoms with E-state index in [0.29, 0.717) is 11.1 Å². The molecule has 2 aromatic rings. The van der Waals surface area contributed by atoms with E-state index in [0.717, 1.165) is 23.5 Å². The highest BCUT2D eigenvalue weighted by Gasteiger charge is 2.13. The van der Waals surface area contributed by atoms with Gasteiger partial charge >= 0.3 is 0 Å². The van der Waals surface area contributed by atoms with Crippen LogP contribution in [0.15, 0.2) is 24.3 Å². The zero-order chi connectivity index (χ0) is 14.0. The molecule has 0 aliphatic rings. The Morgan fingerprint density at radius 1 is 1.11 bits per heavy atom. The van der Waals surface area contributed by atoms with Crippen molar-refractivity contribution in [3.63, 3.8) is 0 Å². The minimum absolute atomic E-state index is 0.295. The van der Waals surface area contributed by atoms with Crippen LogP contribution in [0.1, 0.15) is 48.0 Å². The average molecular weight is 275 g/mol. The second-order valence-electron chi connectivity index (χ2n) is 5.19. The van der Waals surface area contributed by atoms with Crippen LogP contribution in [0.4, 0.5) is 0 Å². The first kappa shape index (κ1) is 14.0. The van der Waals surface area contributed by atoms with Gasteiger partial charge in [0.15, 0.2) is 0 Å². The van der Waals surface area contributed by atoms with Gasteiger partial charge in [0, 0.05) is 23.6 Å². The molecule has 0 unspecified atom stereocenters. The lowest BCUT2D eigenvalue weighted by molar-refractivity contribution is 0.759. The van der Waals surface area contributed by atoms with Crippen LogP contribution in [0.2, 0.25) is 5.15 Å². The summed E-state index contributed by atoms with van der Waals surface area (Å²) in [5.74, 6) is 1.11. The third-order valence-corrected chi connectivity index (χ3v) is 3.64. The normalized spacial score (nSPS) is 11.1. The maximum absolute atomic E-state index is 6.33. The number of aryl methyl sites for hydroxylation is 2. The summed E-state index contributed by atoms with van der Waals surface area (Å²) < 4.78 is 0. The zero-order valence-electron chi connectivity index (χ0n) is 11.9. The number of halogens is 1. The molecular formula is C16H19ClN2. The van der Waals surface area contributed by atoms with Crippen LogP contribution in [0.5, 0.6) is 0 Å². The number of nitrogens with zero attached hydrogens (tertiary/aromatic N) is 2. The molecule has 19 heavy (non-hydrogen) atoms. The summed E-state index contributed by atoms with van der Waals surface area (Å²) in [5.41, 5.74) is 4.55. The van der Waals surface area contributed by atoms with Crippen molar-refractivity contribution in [3.05, 3.63) is 57.6 Å². The van der Waals surface area contributed by atoms with Crippen LogP contribution in [-0.4, -0.2) is 9.97 Å². The third-order valence-electron chi connectivity index (χ3n) is 3.33. The molecule has 2 rings (SSSR count). The second-order valence-corrected chi connectivity index (χ2v) is 5.55. The van der Waals surface area contributed by atoms with E-state index >= 15 is 0 Å². The van der Waals surface area contributed by atoms with Crippen molar-refractivity contribution in [2.24, 2.45) is 0 Å². The monoisotopic (exact) mass is 274 g/mol. The minimum Gasteiger partial charge on any atom is -0.238 e. The van der Waals surface area contributed by atoms with E-state index in [1.807, 2.05) is 13.0 Å². The first-order valence-corrected chi connectivity index (χ1v) is 6.94. The van der Waals surface area contributed by atoms with Crippen molar-refractivity contribution in [1.82, 2.24) is 9.97 Å².